The van der Waals surface area contributed by atoms with Crippen molar-refractivity contribution in [1.29, 1.82) is 0 Å². The Hall–Kier alpha value is -3.01. The van der Waals surface area contributed by atoms with Crippen LogP contribution in [0.25, 0.3) is 0 Å². The maximum absolute atomic E-state index is 10.5. The third-order valence-corrected chi connectivity index (χ3v) is 4.14. The number of nitrogen functional groups attached to an aromatic ring is 2. The number of hydrogen-bond acceptors (Lipinski definition) is 7. The number of anilines is 2. The molecular weight excluding hydrogens is 402 g/mol. The highest BCUT2D eigenvalue weighted by molar-refractivity contribution is 7.85. The Morgan fingerprint density at radius 3 is 2.04 bits per heavy atom. The van der Waals surface area contributed by atoms with E-state index in [0.717, 1.165) is 11.3 Å². The van der Waals surface area contributed by atoms with E-state index in [2.05, 4.69) is 15.2 Å². The fourth-order valence-electron chi connectivity index (χ4n) is 1.88. The minimum Gasteiger partial charge on any atom is -0.384 e. The molecular formula is C18H20ClN5O3S. The molecule has 0 saturated heterocycles. The van der Waals surface area contributed by atoms with Crippen LogP contribution in [0.15, 0.2) is 81.9 Å². The summed E-state index contributed by atoms with van der Waals surface area (Å²) in [5, 5.41) is 8.03. The lowest BCUT2D eigenvalue weighted by Crippen LogP contribution is -1.96. The second-order valence-corrected chi connectivity index (χ2v) is 6.89. The zero-order chi connectivity index (χ0) is 19.9. The molecule has 5 N–H and O–H groups in total. The van der Waals surface area contributed by atoms with Crippen LogP contribution < -0.4 is 11.5 Å². The maximum atomic E-state index is 10.5. The van der Waals surface area contributed by atoms with Crippen LogP contribution in [0.1, 0.15) is 5.56 Å². The Morgan fingerprint density at radius 2 is 1.50 bits per heavy atom. The summed E-state index contributed by atoms with van der Waals surface area (Å²) in [5.74, 6) is 0.649. The van der Waals surface area contributed by atoms with Crippen molar-refractivity contribution in [1.82, 2.24) is 4.98 Å². The van der Waals surface area contributed by atoms with Crippen LogP contribution in [0.5, 0.6) is 0 Å². The average Bonchev–Trinajstić information content (AvgIpc) is 2.62. The molecule has 0 aliphatic rings. The van der Waals surface area contributed by atoms with Crippen molar-refractivity contribution in [3.05, 3.63) is 72.3 Å². The number of nitrogens with zero attached hydrogens (tertiary/aromatic N) is 3. The number of rotatable bonds is 3. The lowest BCUT2D eigenvalue weighted by Gasteiger charge is -1.98. The van der Waals surface area contributed by atoms with Crippen molar-refractivity contribution in [2.24, 2.45) is 10.2 Å². The topological polar surface area (TPSA) is 144 Å². The molecule has 10 heteroatoms. The fourth-order valence-corrected chi connectivity index (χ4v) is 2.36. The van der Waals surface area contributed by atoms with Gasteiger partial charge in [0.25, 0.3) is 10.1 Å². The van der Waals surface area contributed by atoms with Crippen LogP contribution in [-0.4, -0.2) is 18.0 Å². The molecule has 1 heterocycles. The van der Waals surface area contributed by atoms with Crippen molar-refractivity contribution in [2.45, 2.75) is 11.8 Å². The molecule has 3 rings (SSSR count). The largest absolute Gasteiger partial charge is 0.384 e. The minimum absolute atomic E-state index is 0. The zero-order valence-electron chi connectivity index (χ0n) is 14.9. The number of aromatic nitrogens is 1. The lowest BCUT2D eigenvalue weighted by molar-refractivity contribution is 0.483. The molecule has 8 nitrogen and oxygen atoms in total. The Kier molecular flexibility index (Phi) is 8.52. The monoisotopic (exact) mass is 421 g/mol. The molecule has 0 aliphatic carbocycles. The van der Waals surface area contributed by atoms with Crippen LogP contribution in [0.2, 0.25) is 0 Å². The Balaban J connectivity index is 0.000000289. The summed E-state index contributed by atoms with van der Waals surface area (Å²) >= 11 is 0. The highest BCUT2D eigenvalue weighted by atomic mass is 35.5. The standard InChI is InChI=1S/C11H11N5.C7H8O3S.ClH/c12-10-7-6-9(11(13)14-10)16-15-8-4-2-1-3-5-8;1-6-2-4-7(5-3-6)11(8,9)10;/h1-7H,(H4,12,13,14);2-5H,1H3,(H,8,9,10);1H. The summed E-state index contributed by atoms with van der Waals surface area (Å²) in [6.07, 6.45) is 0. The second kappa shape index (κ2) is 10.4. The van der Waals surface area contributed by atoms with Gasteiger partial charge in [0.2, 0.25) is 0 Å². The number of halogens is 1. The molecule has 0 atom stereocenters. The molecule has 0 amide bonds. The van der Waals surface area contributed by atoms with E-state index in [9.17, 15) is 8.42 Å². The van der Waals surface area contributed by atoms with E-state index in [1.807, 2.05) is 37.3 Å². The minimum atomic E-state index is -4.02. The van der Waals surface area contributed by atoms with E-state index in [1.165, 1.54) is 12.1 Å². The van der Waals surface area contributed by atoms with Gasteiger partial charge in [-0.2, -0.15) is 13.5 Å². The van der Waals surface area contributed by atoms with Crippen molar-refractivity contribution in [2.75, 3.05) is 11.5 Å². The van der Waals surface area contributed by atoms with E-state index in [-0.39, 0.29) is 23.1 Å². The zero-order valence-corrected chi connectivity index (χ0v) is 16.6. The summed E-state index contributed by atoms with van der Waals surface area (Å²) in [6, 6.07) is 18.7. The lowest BCUT2D eigenvalue weighted by atomic mass is 10.2. The van der Waals surface area contributed by atoms with Gasteiger partial charge in [0.1, 0.15) is 11.5 Å². The van der Waals surface area contributed by atoms with E-state index in [0.29, 0.717) is 11.5 Å². The van der Waals surface area contributed by atoms with E-state index in [4.69, 9.17) is 16.0 Å². The van der Waals surface area contributed by atoms with E-state index in [1.54, 1.807) is 24.3 Å². The first-order chi connectivity index (χ1) is 12.8. The molecule has 0 aliphatic heterocycles. The number of nitrogens with two attached hydrogens (primary N) is 2. The first-order valence-electron chi connectivity index (χ1n) is 7.78. The van der Waals surface area contributed by atoms with Gasteiger partial charge in [-0.1, -0.05) is 35.9 Å². The number of aryl methyl sites for hydroxylation is 1. The molecule has 1 aromatic heterocycles. The van der Waals surface area contributed by atoms with E-state index < -0.39 is 10.1 Å². The summed E-state index contributed by atoms with van der Waals surface area (Å²) in [4.78, 5) is 3.82. The van der Waals surface area contributed by atoms with Crippen LogP contribution in [0, 0.1) is 6.92 Å². The smallest absolute Gasteiger partial charge is 0.294 e. The van der Waals surface area contributed by atoms with Crippen LogP contribution >= 0.6 is 12.4 Å². The molecule has 28 heavy (non-hydrogen) atoms. The predicted molar refractivity (Wildman–Crippen MR) is 112 cm³/mol. The Bertz CT molecular complexity index is 1030. The van der Waals surface area contributed by atoms with Crippen molar-refractivity contribution in [3.63, 3.8) is 0 Å². The van der Waals surface area contributed by atoms with Gasteiger partial charge in [-0.05, 0) is 43.3 Å². The number of pyridine rings is 1. The SMILES string of the molecule is Cc1ccc(S(=O)(=O)O)cc1.Cl.Nc1ccc(N=Nc2ccccc2)c(N)n1. The molecule has 148 valence electrons. The molecule has 0 spiro atoms. The summed E-state index contributed by atoms with van der Waals surface area (Å²) in [5.41, 5.74) is 13.3. The summed E-state index contributed by atoms with van der Waals surface area (Å²) < 4.78 is 29.6. The summed E-state index contributed by atoms with van der Waals surface area (Å²) in [6.45, 7) is 1.84. The van der Waals surface area contributed by atoms with Gasteiger partial charge in [-0.25, -0.2) is 4.98 Å². The molecule has 3 aromatic rings. The molecule has 0 saturated carbocycles. The van der Waals surface area contributed by atoms with Crippen LogP contribution in [-0.2, 0) is 10.1 Å². The quantitative estimate of drug-likeness (QED) is 0.424. The van der Waals surface area contributed by atoms with Gasteiger partial charge >= 0.3 is 0 Å². The number of benzene rings is 2. The van der Waals surface area contributed by atoms with Gasteiger partial charge in [0, 0.05) is 0 Å². The van der Waals surface area contributed by atoms with Gasteiger partial charge in [-0.3, -0.25) is 4.55 Å². The highest BCUT2D eigenvalue weighted by Crippen LogP contribution is 2.23. The third kappa shape index (κ3) is 7.31. The normalized spacial score (nSPS) is 10.6. The van der Waals surface area contributed by atoms with Crippen LogP contribution in [0.4, 0.5) is 23.0 Å². The fraction of sp³-hybridized carbons (Fsp3) is 0.0556. The highest BCUT2D eigenvalue weighted by Gasteiger charge is 2.06. The van der Waals surface area contributed by atoms with Gasteiger partial charge in [0.05, 0.1) is 10.6 Å². The summed E-state index contributed by atoms with van der Waals surface area (Å²) in [7, 11) is -4.02. The van der Waals surface area contributed by atoms with Gasteiger partial charge in [-0.15, -0.1) is 17.5 Å². The molecule has 0 unspecified atom stereocenters. The van der Waals surface area contributed by atoms with Gasteiger partial charge in [0.15, 0.2) is 5.82 Å². The molecule has 2 aromatic carbocycles. The second-order valence-electron chi connectivity index (χ2n) is 5.46. The van der Waals surface area contributed by atoms with Crippen molar-refractivity contribution >= 4 is 45.5 Å². The Morgan fingerprint density at radius 1 is 0.893 bits per heavy atom. The van der Waals surface area contributed by atoms with Gasteiger partial charge < -0.3 is 11.5 Å². The number of azo groups is 1. The predicted octanol–water partition coefficient (Wildman–Crippen LogP) is 4.32. The molecule has 0 bridgehead atoms. The first-order valence-corrected chi connectivity index (χ1v) is 9.22. The number of hydrogen-bond donors (Lipinski definition) is 3. The van der Waals surface area contributed by atoms with Crippen molar-refractivity contribution in [3.8, 4) is 0 Å². The Labute approximate surface area is 169 Å². The molecule has 0 fully saturated rings. The maximum Gasteiger partial charge on any atom is 0.294 e. The molecule has 0 radical (unpaired) electrons. The average molecular weight is 422 g/mol. The van der Waals surface area contributed by atoms with Crippen LogP contribution in [0.3, 0.4) is 0 Å². The van der Waals surface area contributed by atoms with Crippen molar-refractivity contribution < 1.29 is 13.0 Å². The van der Waals surface area contributed by atoms with E-state index >= 15 is 0 Å². The first kappa shape index (κ1) is 23.0. The third-order valence-electron chi connectivity index (χ3n) is 3.27.